The number of nitrogens with one attached hydrogen (secondary N) is 2. The van der Waals surface area contributed by atoms with Crippen LogP contribution in [0.3, 0.4) is 0 Å². The number of hydrogen-bond acceptors (Lipinski definition) is 4. The van der Waals surface area contributed by atoms with Gasteiger partial charge < -0.3 is 10.6 Å². The van der Waals surface area contributed by atoms with Crippen molar-refractivity contribution in [1.29, 1.82) is 5.26 Å². The van der Waals surface area contributed by atoms with Crippen LogP contribution in [0.1, 0.15) is 43.6 Å². The third-order valence-corrected chi connectivity index (χ3v) is 4.21. The molecule has 0 unspecified atom stereocenters. The van der Waals surface area contributed by atoms with Crippen molar-refractivity contribution in [3.63, 3.8) is 0 Å². The van der Waals surface area contributed by atoms with Gasteiger partial charge >= 0.3 is 0 Å². The molecular formula is C23H17N3O3. The molecule has 0 spiro atoms. The number of carbonyl (C=O) groups excluding carboxylic acids is 3. The zero-order chi connectivity index (χ0) is 20.8. The highest BCUT2D eigenvalue weighted by Gasteiger charge is 2.13. The van der Waals surface area contributed by atoms with E-state index in [0.717, 1.165) is 0 Å². The zero-order valence-corrected chi connectivity index (χ0v) is 15.6. The second-order valence-electron chi connectivity index (χ2n) is 6.28. The number of anilines is 2. The van der Waals surface area contributed by atoms with E-state index in [4.69, 9.17) is 5.26 Å². The molecule has 2 N–H and O–H groups in total. The van der Waals surface area contributed by atoms with Gasteiger partial charge in [-0.25, -0.2) is 0 Å². The summed E-state index contributed by atoms with van der Waals surface area (Å²) in [4.78, 5) is 36.6. The predicted octanol–water partition coefficient (Wildman–Crippen LogP) is 4.27. The number of ketones is 1. The first kappa shape index (κ1) is 19.5. The Balaban J connectivity index is 1.77. The molecule has 0 heterocycles. The van der Waals surface area contributed by atoms with Crippen LogP contribution < -0.4 is 10.6 Å². The molecule has 0 radical (unpaired) electrons. The van der Waals surface area contributed by atoms with E-state index in [1.54, 1.807) is 66.7 Å². The van der Waals surface area contributed by atoms with Gasteiger partial charge in [-0.1, -0.05) is 30.3 Å². The lowest BCUT2D eigenvalue weighted by atomic mass is 10.1. The summed E-state index contributed by atoms with van der Waals surface area (Å²) >= 11 is 0. The number of benzene rings is 3. The van der Waals surface area contributed by atoms with Gasteiger partial charge in [-0.3, -0.25) is 14.4 Å². The van der Waals surface area contributed by atoms with Crippen LogP contribution >= 0.6 is 0 Å². The van der Waals surface area contributed by atoms with Gasteiger partial charge in [-0.05, 0) is 49.4 Å². The molecule has 0 aromatic heterocycles. The second kappa shape index (κ2) is 8.63. The van der Waals surface area contributed by atoms with Gasteiger partial charge in [0.2, 0.25) is 0 Å². The van der Waals surface area contributed by atoms with Crippen molar-refractivity contribution < 1.29 is 14.4 Å². The fraction of sp³-hybridized carbons (Fsp3) is 0.0435. The Hall–Kier alpha value is -4.24. The van der Waals surface area contributed by atoms with Crippen LogP contribution in [0.2, 0.25) is 0 Å². The number of Topliss-reactive ketones (excluding diaryl/α,β-unsaturated/α-hetero) is 1. The van der Waals surface area contributed by atoms with Gasteiger partial charge in [0.15, 0.2) is 5.78 Å². The van der Waals surface area contributed by atoms with E-state index in [1.807, 2.05) is 6.07 Å². The van der Waals surface area contributed by atoms with E-state index in [0.29, 0.717) is 28.1 Å². The molecule has 3 aromatic carbocycles. The van der Waals surface area contributed by atoms with Gasteiger partial charge in [0.25, 0.3) is 11.8 Å². The molecule has 3 aromatic rings. The third-order valence-electron chi connectivity index (χ3n) is 4.21. The minimum Gasteiger partial charge on any atom is -0.322 e. The lowest BCUT2D eigenvalue weighted by Gasteiger charge is -2.09. The molecule has 0 aliphatic rings. The Bertz CT molecular complexity index is 1150. The van der Waals surface area contributed by atoms with E-state index < -0.39 is 11.8 Å². The number of rotatable bonds is 5. The average molecular weight is 383 g/mol. The first-order valence-electron chi connectivity index (χ1n) is 8.81. The van der Waals surface area contributed by atoms with E-state index in [1.165, 1.54) is 13.0 Å². The normalized spacial score (nSPS) is 9.93. The summed E-state index contributed by atoms with van der Waals surface area (Å²) in [5.74, 6) is -0.934. The van der Waals surface area contributed by atoms with Crippen molar-refractivity contribution >= 4 is 29.0 Å². The van der Waals surface area contributed by atoms with Crippen LogP contribution in [-0.4, -0.2) is 17.6 Å². The lowest BCUT2D eigenvalue weighted by molar-refractivity contribution is 0.100. The largest absolute Gasteiger partial charge is 0.322 e. The Morgan fingerprint density at radius 3 is 2.07 bits per heavy atom. The molecule has 142 valence electrons. The van der Waals surface area contributed by atoms with E-state index in [-0.39, 0.29) is 11.3 Å². The van der Waals surface area contributed by atoms with Crippen molar-refractivity contribution in [2.24, 2.45) is 0 Å². The molecule has 0 aliphatic heterocycles. The summed E-state index contributed by atoms with van der Waals surface area (Å²) in [6, 6.07) is 21.5. The summed E-state index contributed by atoms with van der Waals surface area (Å²) < 4.78 is 0. The molecule has 0 saturated carbocycles. The van der Waals surface area contributed by atoms with E-state index in [9.17, 15) is 14.4 Å². The van der Waals surface area contributed by atoms with Crippen molar-refractivity contribution in [1.82, 2.24) is 0 Å². The van der Waals surface area contributed by atoms with Crippen LogP contribution in [0.25, 0.3) is 0 Å². The summed E-state index contributed by atoms with van der Waals surface area (Å²) in [5, 5.41) is 14.5. The maximum Gasteiger partial charge on any atom is 0.255 e. The average Bonchev–Trinajstić information content (AvgIpc) is 2.74. The van der Waals surface area contributed by atoms with E-state index >= 15 is 0 Å². The number of para-hydroxylation sites is 1. The van der Waals surface area contributed by atoms with E-state index in [2.05, 4.69) is 10.6 Å². The smallest absolute Gasteiger partial charge is 0.255 e. The molecule has 0 bridgehead atoms. The summed E-state index contributed by atoms with van der Waals surface area (Å²) in [5.41, 5.74) is 2.30. The minimum absolute atomic E-state index is 0.0996. The molecule has 29 heavy (non-hydrogen) atoms. The van der Waals surface area contributed by atoms with Gasteiger partial charge in [-0.15, -0.1) is 0 Å². The molecule has 3 rings (SSSR count). The number of hydrogen-bond donors (Lipinski definition) is 2. The molecule has 6 heteroatoms. The first-order valence-corrected chi connectivity index (χ1v) is 8.81. The van der Waals surface area contributed by atoms with Gasteiger partial charge in [-0.2, -0.15) is 5.26 Å². The predicted molar refractivity (Wildman–Crippen MR) is 110 cm³/mol. The van der Waals surface area contributed by atoms with Crippen molar-refractivity contribution in [2.75, 3.05) is 10.6 Å². The molecule has 2 amide bonds. The minimum atomic E-state index is -0.430. The highest BCUT2D eigenvalue weighted by Crippen LogP contribution is 2.17. The van der Waals surface area contributed by atoms with Crippen LogP contribution in [0.5, 0.6) is 0 Å². The lowest BCUT2D eigenvalue weighted by Crippen LogP contribution is -2.16. The maximum atomic E-state index is 12.6. The molecule has 0 saturated heterocycles. The van der Waals surface area contributed by atoms with Gasteiger partial charge in [0, 0.05) is 22.4 Å². The van der Waals surface area contributed by atoms with Crippen LogP contribution in [0.15, 0.2) is 72.8 Å². The van der Waals surface area contributed by atoms with Crippen LogP contribution in [0, 0.1) is 11.3 Å². The maximum absolute atomic E-state index is 12.6. The number of nitrogens with zero attached hydrogens (tertiary/aromatic N) is 1. The summed E-state index contributed by atoms with van der Waals surface area (Å²) in [6.07, 6.45) is 0. The molecule has 0 atom stereocenters. The topological polar surface area (TPSA) is 99.1 Å². The van der Waals surface area contributed by atoms with Crippen molar-refractivity contribution in [3.8, 4) is 6.07 Å². The fourth-order valence-corrected chi connectivity index (χ4v) is 2.70. The van der Waals surface area contributed by atoms with Gasteiger partial charge in [0.05, 0.1) is 11.3 Å². The Morgan fingerprint density at radius 2 is 1.38 bits per heavy atom. The third kappa shape index (κ3) is 4.73. The Labute approximate surface area is 167 Å². The SMILES string of the molecule is CC(=O)c1cccc(NC(=O)c2cccc(C(=O)Nc3ccccc3C#N)c2)c1. The summed E-state index contributed by atoms with van der Waals surface area (Å²) in [7, 11) is 0. The van der Waals surface area contributed by atoms with Gasteiger partial charge in [0.1, 0.15) is 6.07 Å². The number of nitriles is 1. The first-order chi connectivity index (χ1) is 14.0. The molecule has 0 fully saturated rings. The Morgan fingerprint density at radius 1 is 0.759 bits per heavy atom. The Kier molecular flexibility index (Phi) is 5.81. The highest BCUT2D eigenvalue weighted by atomic mass is 16.2. The molecule has 6 nitrogen and oxygen atoms in total. The number of carbonyl (C=O) groups is 3. The van der Waals surface area contributed by atoms with Crippen LogP contribution in [-0.2, 0) is 0 Å². The molecule has 0 aliphatic carbocycles. The number of amides is 2. The molecular weight excluding hydrogens is 366 g/mol. The van der Waals surface area contributed by atoms with Crippen LogP contribution in [0.4, 0.5) is 11.4 Å². The second-order valence-corrected chi connectivity index (χ2v) is 6.28. The van der Waals surface area contributed by atoms with Crippen molar-refractivity contribution in [2.45, 2.75) is 6.92 Å². The van der Waals surface area contributed by atoms with Crippen molar-refractivity contribution in [3.05, 3.63) is 95.1 Å². The monoisotopic (exact) mass is 383 g/mol. The highest BCUT2D eigenvalue weighted by molar-refractivity contribution is 6.09. The zero-order valence-electron chi connectivity index (χ0n) is 15.6. The fourth-order valence-electron chi connectivity index (χ4n) is 2.70. The summed E-state index contributed by atoms with van der Waals surface area (Å²) in [6.45, 7) is 1.45. The quantitative estimate of drug-likeness (QED) is 0.643. The standard InChI is InChI=1S/C23H17N3O3/c1-15(27)16-7-5-10-20(13-16)25-22(28)17-8-4-9-18(12-17)23(29)26-21-11-3-2-6-19(21)14-24/h2-13H,1H3,(H,25,28)(H,26,29).